The van der Waals surface area contributed by atoms with Crippen molar-refractivity contribution < 1.29 is 0 Å². The van der Waals surface area contributed by atoms with Gasteiger partial charge in [-0.1, -0.05) is 29.8 Å². The van der Waals surface area contributed by atoms with Crippen LogP contribution in [0.3, 0.4) is 0 Å². The summed E-state index contributed by atoms with van der Waals surface area (Å²) in [5.74, 6) is 0. The van der Waals surface area contributed by atoms with Crippen LogP contribution in [0.5, 0.6) is 0 Å². The molecule has 1 aromatic carbocycles. The molecule has 3 nitrogen and oxygen atoms in total. The molecule has 1 unspecified atom stereocenters. The predicted molar refractivity (Wildman–Crippen MR) is 89.9 cm³/mol. The van der Waals surface area contributed by atoms with E-state index in [0.29, 0.717) is 6.04 Å². The normalized spacial score (nSPS) is 19.1. The van der Waals surface area contributed by atoms with Crippen LogP contribution >= 0.6 is 22.9 Å². The second-order valence-electron chi connectivity index (χ2n) is 5.54. The van der Waals surface area contributed by atoms with Crippen molar-refractivity contribution in [3.8, 4) is 10.6 Å². The Morgan fingerprint density at radius 3 is 3.05 bits per heavy atom. The van der Waals surface area contributed by atoms with Crippen LogP contribution < -0.4 is 5.32 Å². The highest BCUT2D eigenvalue weighted by atomic mass is 35.5. The fourth-order valence-corrected chi connectivity index (χ4v) is 3.86. The van der Waals surface area contributed by atoms with E-state index in [1.54, 1.807) is 11.3 Å². The average molecular weight is 322 g/mol. The highest BCUT2D eigenvalue weighted by Gasteiger charge is 2.18. The summed E-state index contributed by atoms with van der Waals surface area (Å²) in [6.07, 6.45) is 2.53. The molecule has 1 aliphatic heterocycles. The lowest BCUT2D eigenvalue weighted by molar-refractivity contribution is 0.194. The van der Waals surface area contributed by atoms with Gasteiger partial charge in [-0.15, -0.1) is 11.3 Å². The van der Waals surface area contributed by atoms with Crippen molar-refractivity contribution >= 4 is 22.9 Å². The summed E-state index contributed by atoms with van der Waals surface area (Å²) in [4.78, 5) is 7.15. The van der Waals surface area contributed by atoms with Gasteiger partial charge in [0, 0.05) is 30.1 Å². The third-order valence-corrected chi connectivity index (χ3v) is 5.22. The van der Waals surface area contributed by atoms with Crippen LogP contribution in [0.2, 0.25) is 5.02 Å². The Kier molecular flexibility index (Phi) is 4.91. The lowest BCUT2D eigenvalue weighted by atomic mass is 10.1. The Labute approximate surface area is 135 Å². The number of nitrogens with zero attached hydrogens (tertiary/aromatic N) is 2. The molecular weight excluding hydrogens is 302 g/mol. The van der Waals surface area contributed by atoms with E-state index in [1.807, 2.05) is 24.3 Å². The fraction of sp³-hybridized carbons (Fsp3) is 0.438. The van der Waals surface area contributed by atoms with E-state index in [1.165, 1.54) is 12.8 Å². The van der Waals surface area contributed by atoms with E-state index in [-0.39, 0.29) is 0 Å². The van der Waals surface area contributed by atoms with Gasteiger partial charge < -0.3 is 5.32 Å². The highest BCUT2D eigenvalue weighted by Crippen LogP contribution is 2.30. The molecule has 112 valence electrons. The van der Waals surface area contributed by atoms with E-state index < -0.39 is 0 Å². The Balaban J connectivity index is 1.69. The first-order chi connectivity index (χ1) is 10.2. The number of hydrogen-bond donors (Lipinski definition) is 1. The predicted octanol–water partition coefficient (Wildman–Crippen LogP) is 3.65. The standard InChI is InChI=1S/C16H20ClN3S/c1-20(13-5-4-8-18-9-13)10-12-11-21-16(19-12)14-6-2-3-7-15(14)17/h2-3,6-7,11,13,18H,4-5,8-10H2,1H3. The maximum absolute atomic E-state index is 6.24. The first-order valence-corrected chi connectivity index (χ1v) is 8.60. The summed E-state index contributed by atoms with van der Waals surface area (Å²) < 4.78 is 0. The minimum absolute atomic E-state index is 0.615. The van der Waals surface area contributed by atoms with Gasteiger partial charge in [0.25, 0.3) is 0 Å². The van der Waals surface area contributed by atoms with Crippen molar-refractivity contribution in [3.05, 3.63) is 40.4 Å². The van der Waals surface area contributed by atoms with Crippen molar-refractivity contribution in [2.24, 2.45) is 0 Å². The zero-order valence-electron chi connectivity index (χ0n) is 12.2. The molecule has 21 heavy (non-hydrogen) atoms. The largest absolute Gasteiger partial charge is 0.315 e. The molecule has 0 aliphatic carbocycles. The zero-order valence-corrected chi connectivity index (χ0v) is 13.8. The number of thiazole rings is 1. The molecular formula is C16H20ClN3S. The minimum Gasteiger partial charge on any atom is -0.315 e. The molecule has 0 amide bonds. The van der Waals surface area contributed by atoms with E-state index in [9.17, 15) is 0 Å². The topological polar surface area (TPSA) is 28.2 Å². The van der Waals surface area contributed by atoms with Gasteiger partial charge in [0.2, 0.25) is 0 Å². The van der Waals surface area contributed by atoms with Gasteiger partial charge >= 0.3 is 0 Å². The van der Waals surface area contributed by atoms with Gasteiger partial charge in [0.1, 0.15) is 5.01 Å². The maximum Gasteiger partial charge on any atom is 0.125 e. The number of hydrogen-bond acceptors (Lipinski definition) is 4. The van der Waals surface area contributed by atoms with E-state index in [4.69, 9.17) is 16.6 Å². The van der Waals surface area contributed by atoms with Crippen molar-refractivity contribution in [1.82, 2.24) is 15.2 Å². The molecule has 2 heterocycles. The molecule has 1 fully saturated rings. The number of rotatable bonds is 4. The summed E-state index contributed by atoms with van der Waals surface area (Å²) in [6.45, 7) is 3.13. The number of aromatic nitrogens is 1. The molecule has 0 spiro atoms. The van der Waals surface area contributed by atoms with Crippen LogP contribution in [-0.2, 0) is 6.54 Å². The smallest absolute Gasteiger partial charge is 0.125 e. The van der Waals surface area contributed by atoms with Crippen LogP contribution in [0.4, 0.5) is 0 Å². The molecule has 1 atom stereocenters. The van der Waals surface area contributed by atoms with Crippen molar-refractivity contribution in [2.75, 3.05) is 20.1 Å². The van der Waals surface area contributed by atoms with E-state index >= 15 is 0 Å². The summed E-state index contributed by atoms with van der Waals surface area (Å²) in [6, 6.07) is 8.51. The Morgan fingerprint density at radius 2 is 2.29 bits per heavy atom. The molecule has 1 N–H and O–H groups in total. The number of piperidine rings is 1. The van der Waals surface area contributed by atoms with Gasteiger partial charge in [0.05, 0.1) is 10.7 Å². The molecule has 0 radical (unpaired) electrons. The number of likely N-dealkylation sites (N-methyl/N-ethyl adjacent to an activating group) is 1. The summed E-state index contributed by atoms with van der Waals surface area (Å²) >= 11 is 7.91. The van der Waals surface area contributed by atoms with Gasteiger partial charge in [0.15, 0.2) is 0 Å². The molecule has 1 aliphatic rings. The van der Waals surface area contributed by atoms with Crippen molar-refractivity contribution in [2.45, 2.75) is 25.4 Å². The second kappa shape index (κ2) is 6.88. The molecule has 1 saturated heterocycles. The lowest BCUT2D eigenvalue weighted by Gasteiger charge is -2.31. The highest BCUT2D eigenvalue weighted by molar-refractivity contribution is 7.13. The van der Waals surface area contributed by atoms with Gasteiger partial charge in [-0.2, -0.15) is 0 Å². The van der Waals surface area contributed by atoms with E-state index in [0.717, 1.165) is 40.9 Å². The summed E-state index contributed by atoms with van der Waals surface area (Å²) in [5, 5.41) is 7.38. The summed E-state index contributed by atoms with van der Waals surface area (Å²) in [5.41, 5.74) is 2.15. The van der Waals surface area contributed by atoms with Crippen molar-refractivity contribution in [3.63, 3.8) is 0 Å². The lowest BCUT2D eigenvalue weighted by Crippen LogP contribution is -2.43. The number of benzene rings is 1. The number of halogens is 1. The van der Waals surface area contributed by atoms with Gasteiger partial charge in [-0.05, 0) is 32.5 Å². The first-order valence-electron chi connectivity index (χ1n) is 7.34. The second-order valence-corrected chi connectivity index (χ2v) is 6.80. The first kappa shape index (κ1) is 15.0. The quantitative estimate of drug-likeness (QED) is 0.931. The van der Waals surface area contributed by atoms with Crippen LogP contribution in [-0.4, -0.2) is 36.1 Å². The van der Waals surface area contributed by atoms with Crippen LogP contribution in [0.25, 0.3) is 10.6 Å². The van der Waals surface area contributed by atoms with Crippen LogP contribution in [0.15, 0.2) is 29.6 Å². The molecule has 0 bridgehead atoms. The molecule has 2 aromatic rings. The van der Waals surface area contributed by atoms with Crippen LogP contribution in [0.1, 0.15) is 18.5 Å². The van der Waals surface area contributed by atoms with Gasteiger partial charge in [-0.3, -0.25) is 4.90 Å². The third-order valence-electron chi connectivity index (χ3n) is 3.96. The van der Waals surface area contributed by atoms with E-state index in [2.05, 4.69) is 22.6 Å². The van der Waals surface area contributed by atoms with Crippen LogP contribution in [0, 0.1) is 0 Å². The Hall–Kier alpha value is -0.940. The molecule has 3 rings (SSSR count). The third kappa shape index (κ3) is 3.64. The average Bonchev–Trinajstić information content (AvgIpc) is 2.97. The van der Waals surface area contributed by atoms with Gasteiger partial charge in [-0.25, -0.2) is 4.98 Å². The molecule has 1 aromatic heterocycles. The monoisotopic (exact) mass is 321 g/mol. The SMILES string of the molecule is CN(Cc1csc(-c2ccccc2Cl)n1)C1CCCNC1. The summed E-state index contributed by atoms with van der Waals surface area (Å²) in [7, 11) is 2.19. The minimum atomic E-state index is 0.615. The molecule has 0 saturated carbocycles. The fourth-order valence-electron chi connectivity index (χ4n) is 2.73. The molecule has 5 heteroatoms. The van der Waals surface area contributed by atoms with Crippen molar-refractivity contribution in [1.29, 1.82) is 0 Å². The Bertz CT molecular complexity index is 593. The maximum atomic E-state index is 6.24. The Morgan fingerprint density at radius 1 is 1.43 bits per heavy atom. The zero-order chi connectivity index (χ0) is 14.7. The number of nitrogens with one attached hydrogen (secondary N) is 1.